The molecule has 1 aliphatic heterocycles. The van der Waals surface area contributed by atoms with Crippen molar-refractivity contribution in [2.45, 2.75) is 6.92 Å². The lowest BCUT2D eigenvalue weighted by molar-refractivity contribution is -0.384. The van der Waals surface area contributed by atoms with Crippen LogP contribution in [0.5, 0.6) is 11.5 Å². The second kappa shape index (κ2) is 7.66. The highest BCUT2D eigenvalue weighted by molar-refractivity contribution is 6.13. The summed E-state index contributed by atoms with van der Waals surface area (Å²) < 4.78 is 10.8. The number of rotatable bonds is 4. The van der Waals surface area contributed by atoms with E-state index in [1.165, 1.54) is 18.2 Å². The van der Waals surface area contributed by atoms with E-state index in [-0.39, 0.29) is 18.4 Å². The molecule has 0 radical (unpaired) electrons. The SMILES string of the molecule is Cc1cc([N+](=O)[O-])ccc1NC(=O)c1cc(-c2ccc3c(c2)OCO3)nc2ccccc12. The Morgan fingerprint density at radius 3 is 2.66 bits per heavy atom. The Labute approximate surface area is 182 Å². The van der Waals surface area contributed by atoms with Gasteiger partial charge in [0.15, 0.2) is 11.5 Å². The van der Waals surface area contributed by atoms with E-state index in [2.05, 4.69) is 5.32 Å². The maximum absolute atomic E-state index is 13.3. The largest absolute Gasteiger partial charge is 0.454 e. The van der Waals surface area contributed by atoms with Crippen LogP contribution in [0, 0.1) is 17.0 Å². The minimum Gasteiger partial charge on any atom is -0.454 e. The number of carbonyl (C=O) groups excluding carboxylic acids is 1. The summed E-state index contributed by atoms with van der Waals surface area (Å²) in [6.07, 6.45) is 0. The van der Waals surface area contributed by atoms with Crippen LogP contribution in [0.25, 0.3) is 22.2 Å². The van der Waals surface area contributed by atoms with Crippen LogP contribution in [0.4, 0.5) is 11.4 Å². The van der Waals surface area contributed by atoms with Gasteiger partial charge in [-0.1, -0.05) is 18.2 Å². The van der Waals surface area contributed by atoms with Gasteiger partial charge in [0.2, 0.25) is 6.79 Å². The molecule has 4 aromatic rings. The number of amides is 1. The number of pyridine rings is 1. The molecule has 1 amide bonds. The molecule has 0 unspecified atom stereocenters. The molecule has 0 saturated heterocycles. The molecular formula is C24H17N3O5. The van der Waals surface area contributed by atoms with Crippen LogP contribution in [-0.4, -0.2) is 22.6 Å². The van der Waals surface area contributed by atoms with Crippen molar-refractivity contribution in [2.24, 2.45) is 0 Å². The number of hydrogen-bond acceptors (Lipinski definition) is 6. The van der Waals surface area contributed by atoms with Gasteiger partial charge in [-0.05, 0) is 48.9 Å². The number of para-hydroxylation sites is 1. The molecule has 0 saturated carbocycles. The Bertz CT molecular complexity index is 1400. The highest BCUT2D eigenvalue weighted by atomic mass is 16.7. The van der Waals surface area contributed by atoms with Crippen LogP contribution in [-0.2, 0) is 0 Å². The van der Waals surface area contributed by atoms with E-state index in [1.807, 2.05) is 42.5 Å². The van der Waals surface area contributed by atoms with Crippen molar-refractivity contribution >= 4 is 28.2 Å². The number of ether oxygens (including phenoxy) is 2. The van der Waals surface area contributed by atoms with Gasteiger partial charge in [-0.25, -0.2) is 4.98 Å². The fourth-order valence-electron chi connectivity index (χ4n) is 3.66. The zero-order valence-electron chi connectivity index (χ0n) is 17.0. The van der Waals surface area contributed by atoms with E-state index in [9.17, 15) is 14.9 Å². The smallest absolute Gasteiger partial charge is 0.269 e. The van der Waals surface area contributed by atoms with E-state index in [0.717, 1.165) is 5.56 Å². The highest BCUT2D eigenvalue weighted by Crippen LogP contribution is 2.36. The molecule has 2 heterocycles. The molecule has 1 aromatic heterocycles. The number of non-ortho nitro benzene ring substituents is 1. The number of fused-ring (bicyclic) bond motifs is 2. The van der Waals surface area contributed by atoms with Gasteiger partial charge in [0.1, 0.15) is 0 Å². The van der Waals surface area contributed by atoms with Gasteiger partial charge in [0, 0.05) is 28.8 Å². The second-order valence-corrected chi connectivity index (χ2v) is 7.35. The summed E-state index contributed by atoms with van der Waals surface area (Å²) in [7, 11) is 0. The molecule has 32 heavy (non-hydrogen) atoms. The predicted octanol–water partition coefficient (Wildman–Crippen LogP) is 5.10. The number of nitro benzene ring substituents is 1. The van der Waals surface area contributed by atoms with E-state index in [0.29, 0.717) is 44.9 Å². The Kier molecular flexibility index (Phi) is 4.67. The summed E-state index contributed by atoms with van der Waals surface area (Å²) in [4.78, 5) is 28.5. The molecule has 158 valence electrons. The Morgan fingerprint density at radius 2 is 1.84 bits per heavy atom. The number of anilines is 1. The summed E-state index contributed by atoms with van der Waals surface area (Å²) in [6.45, 7) is 1.89. The Balaban J connectivity index is 1.56. The van der Waals surface area contributed by atoms with Crippen molar-refractivity contribution in [3.05, 3.63) is 88.0 Å². The third kappa shape index (κ3) is 3.47. The minimum absolute atomic E-state index is 0.0278. The van der Waals surface area contributed by atoms with Gasteiger partial charge in [-0.2, -0.15) is 0 Å². The quantitative estimate of drug-likeness (QED) is 0.359. The molecule has 0 fully saturated rings. The van der Waals surface area contributed by atoms with E-state index in [1.54, 1.807) is 13.0 Å². The monoisotopic (exact) mass is 427 g/mol. The molecule has 8 nitrogen and oxygen atoms in total. The number of nitrogens with one attached hydrogen (secondary N) is 1. The number of aromatic nitrogens is 1. The van der Waals surface area contributed by atoms with Crippen LogP contribution in [0.2, 0.25) is 0 Å². The average molecular weight is 427 g/mol. The highest BCUT2D eigenvalue weighted by Gasteiger charge is 2.18. The molecular weight excluding hydrogens is 410 g/mol. The third-order valence-electron chi connectivity index (χ3n) is 5.30. The van der Waals surface area contributed by atoms with Crippen molar-refractivity contribution in [3.63, 3.8) is 0 Å². The topological polar surface area (TPSA) is 104 Å². The summed E-state index contributed by atoms with van der Waals surface area (Å²) in [5.41, 5.74) is 3.61. The molecule has 0 bridgehead atoms. The molecule has 8 heteroatoms. The maximum Gasteiger partial charge on any atom is 0.269 e. The van der Waals surface area contributed by atoms with Crippen molar-refractivity contribution in [1.29, 1.82) is 0 Å². The fraction of sp³-hybridized carbons (Fsp3) is 0.0833. The van der Waals surface area contributed by atoms with Crippen LogP contribution in [0.1, 0.15) is 15.9 Å². The van der Waals surface area contributed by atoms with Gasteiger partial charge in [0.25, 0.3) is 11.6 Å². The standard InChI is InChI=1S/C24H17N3O5/c1-14-10-16(27(29)30)7-8-19(14)26-24(28)18-12-21(25-20-5-3-2-4-17(18)20)15-6-9-22-23(11-15)32-13-31-22/h2-12H,13H2,1H3,(H,26,28). The number of benzene rings is 3. The van der Waals surface area contributed by atoms with Gasteiger partial charge in [-0.3, -0.25) is 14.9 Å². The Hall–Kier alpha value is -4.46. The van der Waals surface area contributed by atoms with Crippen LogP contribution in [0.15, 0.2) is 66.7 Å². The summed E-state index contributed by atoms with van der Waals surface area (Å²) in [6, 6.07) is 19.0. The maximum atomic E-state index is 13.3. The molecule has 3 aromatic carbocycles. The Morgan fingerprint density at radius 1 is 1.03 bits per heavy atom. The number of hydrogen-bond donors (Lipinski definition) is 1. The zero-order valence-corrected chi connectivity index (χ0v) is 17.0. The third-order valence-corrected chi connectivity index (χ3v) is 5.30. The first-order valence-electron chi connectivity index (χ1n) is 9.86. The second-order valence-electron chi connectivity index (χ2n) is 7.35. The lowest BCUT2D eigenvalue weighted by Gasteiger charge is -2.12. The first-order chi connectivity index (χ1) is 15.5. The van der Waals surface area contributed by atoms with E-state index in [4.69, 9.17) is 14.5 Å². The van der Waals surface area contributed by atoms with Crippen molar-refractivity contribution in [1.82, 2.24) is 4.98 Å². The molecule has 0 aliphatic carbocycles. The normalized spacial score (nSPS) is 12.0. The van der Waals surface area contributed by atoms with E-state index < -0.39 is 4.92 Å². The lowest BCUT2D eigenvalue weighted by atomic mass is 10.0. The number of nitrogens with zero attached hydrogens (tertiary/aromatic N) is 2. The number of nitro groups is 1. The predicted molar refractivity (Wildman–Crippen MR) is 119 cm³/mol. The van der Waals surface area contributed by atoms with Gasteiger partial charge >= 0.3 is 0 Å². The van der Waals surface area contributed by atoms with Crippen LogP contribution >= 0.6 is 0 Å². The average Bonchev–Trinajstić information content (AvgIpc) is 3.27. The lowest BCUT2D eigenvalue weighted by Crippen LogP contribution is -2.14. The number of aryl methyl sites for hydroxylation is 1. The van der Waals surface area contributed by atoms with Crippen molar-refractivity contribution < 1.29 is 19.2 Å². The minimum atomic E-state index is -0.466. The molecule has 5 rings (SSSR count). The van der Waals surface area contributed by atoms with Crippen molar-refractivity contribution in [3.8, 4) is 22.8 Å². The molecule has 1 N–H and O–H groups in total. The summed E-state index contributed by atoms with van der Waals surface area (Å²) in [5.74, 6) is 0.966. The summed E-state index contributed by atoms with van der Waals surface area (Å²) >= 11 is 0. The number of carbonyl (C=O) groups is 1. The zero-order chi connectivity index (χ0) is 22.2. The first-order valence-corrected chi connectivity index (χ1v) is 9.86. The van der Waals surface area contributed by atoms with Gasteiger partial charge in [-0.15, -0.1) is 0 Å². The first kappa shape index (κ1) is 19.5. The van der Waals surface area contributed by atoms with Gasteiger partial charge < -0.3 is 14.8 Å². The summed E-state index contributed by atoms with van der Waals surface area (Å²) in [5, 5.41) is 14.6. The molecule has 1 aliphatic rings. The van der Waals surface area contributed by atoms with E-state index >= 15 is 0 Å². The van der Waals surface area contributed by atoms with Crippen LogP contribution < -0.4 is 14.8 Å². The molecule has 0 spiro atoms. The fourth-order valence-corrected chi connectivity index (χ4v) is 3.66. The van der Waals surface area contributed by atoms with Crippen LogP contribution in [0.3, 0.4) is 0 Å². The molecule has 0 atom stereocenters. The van der Waals surface area contributed by atoms with Gasteiger partial charge in [0.05, 0.1) is 21.7 Å². The van der Waals surface area contributed by atoms with Crippen molar-refractivity contribution in [2.75, 3.05) is 12.1 Å².